The molecule has 1 N–H and O–H groups in total. The largest absolute Gasteiger partial charge is 0.362 e. The van der Waals surface area contributed by atoms with Crippen molar-refractivity contribution >= 4 is 11.8 Å². The molecule has 2 atom stereocenters. The zero-order valence-electron chi connectivity index (χ0n) is 19.2. The first-order valence-corrected chi connectivity index (χ1v) is 11.5. The van der Waals surface area contributed by atoms with Crippen LogP contribution in [0, 0.1) is 5.92 Å². The lowest BCUT2D eigenvalue weighted by atomic mass is 9.83. The number of hydrogen-bond donors (Lipinski definition) is 1. The van der Waals surface area contributed by atoms with Crippen molar-refractivity contribution < 1.29 is 0 Å². The average Bonchev–Trinajstić information content (AvgIpc) is 2.80. The number of fused-ring (bicyclic) bond motifs is 1. The van der Waals surface area contributed by atoms with Crippen LogP contribution in [0.3, 0.4) is 0 Å². The van der Waals surface area contributed by atoms with E-state index in [-0.39, 0.29) is 0 Å². The Kier molecular flexibility index (Phi) is 7.07. The molecule has 0 saturated carbocycles. The highest BCUT2D eigenvalue weighted by Crippen LogP contribution is 2.31. The summed E-state index contributed by atoms with van der Waals surface area (Å²) in [4.78, 5) is 16.4. The number of aliphatic imine (C=N–C) groups is 1. The molecule has 166 valence electrons. The number of aromatic nitrogens is 1. The molecule has 6 heteroatoms. The van der Waals surface area contributed by atoms with Gasteiger partial charge in [-0.1, -0.05) is 36.4 Å². The summed E-state index contributed by atoms with van der Waals surface area (Å²) in [5.41, 5.74) is 2.62. The van der Waals surface area contributed by atoms with Crippen molar-refractivity contribution in [3.05, 3.63) is 59.8 Å². The van der Waals surface area contributed by atoms with Crippen LogP contribution in [0.25, 0.3) is 0 Å². The molecule has 2 saturated heterocycles. The van der Waals surface area contributed by atoms with Gasteiger partial charge in [0.2, 0.25) is 0 Å². The van der Waals surface area contributed by atoms with Gasteiger partial charge in [0.15, 0.2) is 5.96 Å². The number of pyridine rings is 1. The minimum Gasteiger partial charge on any atom is -0.362 e. The maximum Gasteiger partial charge on any atom is 0.193 e. The molecule has 4 rings (SSSR count). The van der Waals surface area contributed by atoms with Crippen molar-refractivity contribution in [3.63, 3.8) is 0 Å². The number of benzene rings is 1. The predicted octanol–water partition coefficient (Wildman–Crippen LogP) is 3.21. The third-order valence-corrected chi connectivity index (χ3v) is 6.65. The van der Waals surface area contributed by atoms with Gasteiger partial charge in [-0.15, -0.1) is 0 Å². The highest BCUT2D eigenvalue weighted by molar-refractivity contribution is 5.80. The number of anilines is 1. The first-order chi connectivity index (χ1) is 15.2. The Labute approximate surface area is 187 Å². The molecule has 2 aliphatic heterocycles. The smallest absolute Gasteiger partial charge is 0.193 e. The van der Waals surface area contributed by atoms with Gasteiger partial charge in [0, 0.05) is 65.1 Å². The monoisotopic (exact) mass is 420 g/mol. The van der Waals surface area contributed by atoms with E-state index in [1.54, 1.807) is 0 Å². The van der Waals surface area contributed by atoms with Gasteiger partial charge >= 0.3 is 0 Å². The maximum atomic E-state index is 4.61. The Balaban J connectivity index is 1.37. The fourth-order valence-corrected chi connectivity index (χ4v) is 5.19. The molecule has 0 radical (unpaired) electrons. The Morgan fingerprint density at radius 3 is 2.74 bits per heavy atom. The molecule has 2 fully saturated rings. The van der Waals surface area contributed by atoms with Crippen LogP contribution in [0.4, 0.5) is 5.82 Å². The Bertz CT molecular complexity index is 865. The first-order valence-electron chi connectivity index (χ1n) is 11.5. The van der Waals surface area contributed by atoms with Crippen LogP contribution in [0.15, 0.2) is 53.7 Å². The van der Waals surface area contributed by atoms with E-state index in [1.807, 2.05) is 33.4 Å². The second-order valence-corrected chi connectivity index (χ2v) is 8.94. The Morgan fingerprint density at radius 1 is 1.13 bits per heavy atom. The summed E-state index contributed by atoms with van der Waals surface area (Å²) in [6.45, 7) is 5.17. The van der Waals surface area contributed by atoms with Crippen LogP contribution in [0.5, 0.6) is 0 Å². The van der Waals surface area contributed by atoms with Gasteiger partial charge in [-0.25, -0.2) is 4.98 Å². The van der Waals surface area contributed by atoms with E-state index in [9.17, 15) is 0 Å². The second-order valence-electron chi connectivity index (χ2n) is 8.94. The Morgan fingerprint density at radius 2 is 1.97 bits per heavy atom. The lowest BCUT2D eigenvalue weighted by Crippen LogP contribution is -2.56. The molecule has 6 nitrogen and oxygen atoms in total. The fourth-order valence-electron chi connectivity index (χ4n) is 5.19. The lowest BCUT2D eigenvalue weighted by molar-refractivity contribution is 0.0372. The van der Waals surface area contributed by atoms with Gasteiger partial charge in [0.1, 0.15) is 5.82 Å². The minimum absolute atomic E-state index is 0.682. The standard InChI is InChI=1S/C25H36N6/c1-26-25(28-17-21-11-7-14-27-24(21)29(2)3)31-16-13-23-22(19-31)12-8-15-30(23)18-20-9-5-4-6-10-20/h4-7,9-11,14,22-23H,8,12-13,15-19H2,1-3H3,(H,26,28). The van der Waals surface area contributed by atoms with Crippen LogP contribution < -0.4 is 10.2 Å². The number of hydrogen-bond acceptors (Lipinski definition) is 4. The number of piperidine rings is 2. The van der Waals surface area contributed by atoms with Gasteiger partial charge in [-0.3, -0.25) is 9.89 Å². The molecule has 0 aliphatic carbocycles. The van der Waals surface area contributed by atoms with Crippen molar-refractivity contribution in [1.82, 2.24) is 20.1 Å². The van der Waals surface area contributed by atoms with Crippen molar-refractivity contribution in [2.45, 2.75) is 38.4 Å². The highest BCUT2D eigenvalue weighted by Gasteiger charge is 2.36. The highest BCUT2D eigenvalue weighted by atomic mass is 15.3. The summed E-state index contributed by atoms with van der Waals surface area (Å²) in [7, 11) is 5.97. The van der Waals surface area contributed by atoms with E-state index in [4.69, 9.17) is 0 Å². The summed E-state index contributed by atoms with van der Waals surface area (Å²) >= 11 is 0. The summed E-state index contributed by atoms with van der Waals surface area (Å²) in [6, 6.07) is 15.7. The Hall–Kier alpha value is -2.60. The second kappa shape index (κ2) is 10.1. The summed E-state index contributed by atoms with van der Waals surface area (Å²) < 4.78 is 0. The van der Waals surface area contributed by atoms with E-state index in [0.717, 1.165) is 38.0 Å². The third-order valence-electron chi connectivity index (χ3n) is 6.65. The molecule has 2 unspecified atom stereocenters. The van der Waals surface area contributed by atoms with E-state index in [2.05, 4.69) is 66.4 Å². The van der Waals surface area contributed by atoms with Gasteiger partial charge in [-0.05, 0) is 43.4 Å². The number of guanidine groups is 1. The zero-order valence-corrected chi connectivity index (χ0v) is 19.2. The molecule has 0 amide bonds. The molecular formula is C25H36N6. The SMILES string of the molecule is CN=C(NCc1cccnc1N(C)C)N1CCC2C(CCCN2Cc2ccccc2)C1. The van der Waals surface area contributed by atoms with Crippen molar-refractivity contribution in [2.75, 3.05) is 45.7 Å². The van der Waals surface area contributed by atoms with E-state index in [0.29, 0.717) is 12.0 Å². The topological polar surface area (TPSA) is 47.0 Å². The number of nitrogens with zero attached hydrogens (tertiary/aromatic N) is 5. The summed E-state index contributed by atoms with van der Waals surface area (Å²) in [5, 5.41) is 3.59. The average molecular weight is 421 g/mol. The fraction of sp³-hybridized carbons (Fsp3) is 0.520. The van der Waals surface area contributed by atoms with Crippen LogP contribution in [-0.4, -0.2) is 67.6 Å². The molecule has 3 heterocycles. The molecule has 0 bridgehead atoms. The minimum atomic E-state index is 0.682. The summed E-state index contributed by atoms with van der Waals surface area (Å²) in [5.74, 6) is 2.72. The van der Waals surface area contributed by atoms with Crippen molar-refractivity contribution in [2.24, 2.45) is 10.9 Å². The van der Waals surface area contributed by atoms with Gasteiger partial charge < -0.3 is 15.1 Å². The zero-order chi connectivity index (χ0) is 21.6. The van der Waals surface area contributed by atoms with Crippen LogP contribution in [-0.2, 0) is 13.1 Å². The lowest BCUT2D eigenvalue weighted by Gasteiger charge is -2.48. The van der Waals surface area contributed by atoms with E-state index in [1.165, 1.54) is 36.9 Å². The maximum absolute atomic E-state index is 4.61. The quantitative estimate of drug-likeness (QED) is 0.595. The molecular weight excluding hydrogens is 384 g/mol. The number of likely N-dealkylation sites (tertiary alicyclic amines) is 2. The van der Waals surface area contributed by atoms with Crippen LogP contribution in [0.1, 0.15) is 30.4 Å². The van der Waals surface area contributed by atoms with Gasteiger partial charge in [-0.2, -0.15) is 0 Å². The molecule has 2 aromatic rings. The first kappa shape index (κ1) is 21.6. The van der Waals surface area contributed by atoms with Crippen molar-refractivity contribution in [3.8, 4) is 0 Å². The molecule has 1 aromatic carbocycles. The number of nitrogens with one attached hydrogen (secondary N) is 1. The van der Waals surface area contributed by atoms with Gasteiger partial charge in [0.05, 0.1) is 0 Å². The number of rotatable bonds is 5. The van der Waals surface area contributed by atoms with E-state index >= 15 is 0 Å². The third kappa shape index (κ3) is 5.18. The molecule has 0 spiro atoms. The predicted molar refractivity (Wildman–Crippen MR) is 128 cm³/mol. The molecule has 31 heavy (non-hydrogen) atoms. The van der Waals surface area contributed by atoms with E-state index < -0.39 is 0 Å². The van der Waals surface area contributed by atoms with Gasteiger partial charge in [0.25, 0.3) is 0 Å². The van der Waals surface area contributed by atoms with Crippen LogP contribution >= 0.6 is 0 Å². The molecule has 2 aliphatic rings. The molecule has 1 aromatic heterocycles. The van der Waals surface area contributed by atoms with Crippen molar-refractivity contribution in [1.29, 1.82) is 0 Å². The normalized spacial score (nSPS) is 22.2. The van der Waals surface area contributed by atoms with Crippen LogP contribution in [0.2, 0.25) is 0 Å². The summed E-state index contributed by atoms with van der Waals surface area (Å²) in [6.07, 6.45) is 5.66.